The molecule has 1 aromatic heterocycles. The van der Waals surface area contributed by atoms with Gasteiger partial charge in [-0.15, -0.1) is 0 Å². The lowest BCUT2D eigenvalue weighted by Gasteiger charge is -2.08. The van der Waals surface area contributed by atoms with Crippen LogP contribution in [-0.4, -0.2) is 17.0 Å². The van der Waals surface area contributed by atoms with Gasteiger partial charge in [-0.05, 0) is 30.9 Å². The summed E-state index contributed by atoms with van der Waals surface area (Å²) < 4.78 is 5.07. The number of hydrogen-bond acceptors (Lipinski definition) is 3. The highest BCUT2D eigenvalue weighted by Gasteiger charge is 2.15. The van der Waals surface area contributed by atoms with Gasteiger partial charge in [-0.3, -0.25) is 4.79 Å². The molecule has 2 rings (SSSR count). The molecule has 1 aromatic rings. The lowest BCUT2D eigenvalue weighted by molar-refractivity contribution is -0.121. The van der Waals surface area contributed by atoms with Crippen LogP contribution in [0, 0.1) is 5.92 Å². The van der Waals surface area contributed by atoms with Gasteiger partial charge in [-0.25, -0.2) is 4.79 Å². The number of carbonyl (C=O) groups is 2. The minimum Gasteiger partial charge on any atom is -0.475 e. The van der Waals surface area contributed by atoms with Crippen LogP contribution in [0.15, 0.2) is 16.5 Å². The molecule has 0 aromatic carbocycles. The van der Waals surface area contributed by atoms with Crippen molar-refractivity contribution in [3.63, 3.8) is 0 Å². The molecule has 1 amide bonds. The van der Waals surface area contributed by atoms with Crippen molar-refractivity contribution in [2.24, 2.45) is 5.92 Å². The van der Waals surface area contributed by atoms with E-state index in [0.29, 0.717) is 12.2 Å². The number of carboxylic acids is 1. The number of rotatable bonds is 7. The zero-order valence-corrected chi connectivity index (χ0v) is 11.6. The van der Waals surface area contributed by atoms with Gasteiger partial charge in [0, 0.05) is 6.42 Å². The molecule has 1 aliphatic rings. The Labute approximate surface area is 118 Å². The number of carbonyl (C=O) groups excluding carboxylic acids is 1. The van der Waals surface area contributed by atoms with Gasteiger partial charge in [0.15, 0.2) is 0 Å². The molecule has 0 atom stereocenters. The van der Waals surface area contributed by atoms with Crippen molar-refractivity contribution in [1.29, 1.82) is 0 Å². The lowest BCUT2D eigenvalue weighted by atomic mass is 10.0. The fourth-order valence-corrected chi connectivity index (χ4v) is 2.71. The zero-order valence-electron chi connectivity index (χ0n) is 11.6. The van der Waals surface area contributed by atoms with E-state index in [2.05, 4.69) is 5.32 Å². The van der Waals surface area contributed by atoms with Crippen molar-refractivity contribution >= 4 is 11.9 Å². The molecule has 110 valence electrons. The van der Waals surface area contributed by atoms with Crippen LogP contribution in [0.5, 0.6) is 0 Å². The molecule has 1 fully saturated rings. The van der Waals surface area contributed by atoms with Gasteiger partial charge in [0.25, 0.3) is 0 Å². The van der Waals surface area contributed by atoms with E-state index in [1.54, 1.807) is 6.07 Å². The van der Waals surface area contributed by atoms with E-state index >= 15 is 0 Å². The Morgan fingerprint density at radius 2 is 2.05 bits per heavy atom. The highest BCUT2D eigenvalue weighted by molar-refractivity contribution is 5.84. The Morgan fingerprint density at radius 1 is 1.30 bits per heavy atom. The number of hydrogen-bond donors (Lipinski definition) is 2. The monoisotopic (exact) mass is 279 g/mol. The molecule has 1 heterocycles. The molecular formula is C15H21NO4. The molecule has 5 nitrogen and oxygen atoms in total. The summed E-state index contributed by atoms with van der Waals surface area (Å²) in [6, 6.07) is 2.96. The molecule has 0 saturated heterocycles. The van der Waals surface area contributed by atoms with E-state index in [1.165, 1.54) is 31.7 Å². The van der Waals surface area contributed by atoms with Crippen LogP contribution in [0.2, 0.25) is 0 Å². The maximum Gasteiger partial charge on any atom is 0.371 e. The van der Waals surface area contributed by atoms with Crippen molar-refractivity contribution in [2.45, 2.75) is 51.5 Å². The van der Waals surface area contributed by atoms with Gasteiger partial charge in [0.2, 0.25) is 11.7 Å². The number of amides is 1. The summed E-state index contributed by atoms with van der Waals surface area (Å²) in [6.45, 7) is 0.246. The zero-order chi connectivity index (χ0) is 14.4. The Balaban J connectivity index is 1.62. The molecule has 0 bridgehead atoms. The van der Waals surface area contributed by atoms with Crippen LogP contribution in [0.25, 0.3) is 0 Å². The van der Waals surface area contributed by atoms with E-state index < -0.39 is 5.97 Å². The summed E-state index contributed by atoms with van der Waals surface area (Å²) in [6.07, 6.45) is 7.88. The van der Waals surface area contributed by atoms with Gasteiger partial charge in [-0.1, -0.05) is 25.7 Å². The summed E-state index contributed by atoms with van der Waals surface area (Å²) >= 11 is 0. The van der Waals surface area contributed by atoms with Crippen molar-refractivity contribution in [1.82, 2.24) is 5.32 Å². The minimum absolute atomic E-state index is 0.00345. The molecule has 1 saturated carbocycles. The quantitative estimate of drug-likeness (QED) is 0.804. The van der Waals surface area contributed by atoms with Gasteiger partial charge in [-0.2, -0.15) is 0 Å². The summed E-state index contributed by atoms with van der Waals surface area (Å²) in [7, 11) is 0. The standard InChI is InChI=1S/C15H21NO4/c17-14(7-3-6-11-4-1-2-5-11)16-10-12-8-9-13(20-12)15(18)19/h8-9,11H,1-7,10H2,(H,16,17)(H,18,19). The molecule has 0 radical (unpaired) electrons. The third-order valence-electron chi connectivity index (χ3n) is 3.82. The maximum absolute atomic E-state index is 11.7. The molecule has 0 spiro atoms. The van der Waals surface area contributed by atoms with Crippen LogP contribution < -0.4 is 5.32 Å². The summed E-state index contributed by atoms with van der Waals surface area (Å²) in [5, 5.41) is 11.5. The first-order valence-corrected chi connectivity index (χ1v) is 7.24. The normalized spacial score (nSPS) is 15.4. The van der Waals surface area contributed by atoms with Crippen LogP contribution in [0.1, 0.15) is 61.3 Å². The molecule has 1 aliphatic carbocycles. The topological polar surface area (TPSA) is 79.5 Å². The predicted molar refractivity (Wildman–Crippen MR) is 73.3 cm³/mol. The van der Waals surface area contributed by atoms with Crippen LogP contribution >= 0.6 is 0 Å². The maximum atomic E-state index is 11.7. The minimum atomic E-state index is -1.10. The van der Waals surface area contributed by atoms with Crippen molar-refractivity contribution in [2.75, 3.05) is 0 Å². The van der Waals surface area contributed by atoms with E-state index in [9.17, 15) is 9.59 Å². The molecular weight excluding hydrogens is 258 g/mol. The van der Waals surface area contributed by atoms with Crippen LogP contribution in [0.3, 0.4) is 0 Å². The third kappa shape index (κ3) is 4.40. The van der Waals surface area contributed by atoms with Crippen molar-refractivity contribution in [3.8, 4) is 0 Å². The van der Waals surface area contributed by atoms with Crippen LogP contribution in [0.4, 0.5) is 0 Å². The first kappa shape index (κ1) is 14.6. The fraction of sp³-hybridized carbons (Fsp3) is 0.600. The Hall–Kier alpha value is -1.78. The lowest BCUT2D eigenvalue weighted by Crippen LogP contribution is -2.22. The van der Waals surface area contributed by atoms with Crippen molar-refractivity contribution in [3.05, 3.63) is 23.7 Å². The highest BCUT2D eigenvalue weighted by Crippen LogP contribution is 2.28. The fourth-order valence-electron chi connectivity index (χ4n) is 2.71. The number of furan rings is 1. The third-order valence-corrected chi connectivity index (χ3v) is 3.82. The number of carboxylic acid groups (broad SMARTS) is 1. The molecule has 0 aliphatic heterocycles. The van der Waals surface area contributed by atoms with Crippen molar-refractivity contribution < 1.29 is 19.1 Å². The van der Waals surface area contributed by atoms with E-state index in [4.69, 9.17) is 9.52 Å². The number of aromatic carboxylic acids is 1. The van der Waals surface area contributed by atoms with Gasteiger partial charge in [0.05, 0.1) is 6.54 Å². The summed E-state index contributed by atoms with van der Waals surface area (Å²) in [5.41, 5.74) is 0. The largest absolute Gasteiger partial charge is 0.475 e. The van der Waals surface area contributed by atoms with Crippen LogP contribution in [-0.2, 0) is 11.3 Å². The van der Waals surface area contributed by atoms with Gasteiger partial charge < -0.3 is 14.8 Å². The number of nitrogens with one attached hydrogen (secondary N) is 1. The second-order valence-corrected chi connectivity index (χ2v) is 5.39. The molecule has 2 N–H and O–H groups in total. The first-order valence-electron chi connectivity index (χ1n) is 7.24. The van der Waals surface area contributed by atoms with Gasteiger partial charge >= 0.3 is 5.97 Å². The predicted octanol–water partition coefficient (Wildman–Crippen LogP) is 2.95. The SMILES string of the molecule is O=C(CCCC1CCCC1)NCc1ccc(C(=O)O)o1. The molecule has 5 heteroatoms. The van der Waals surface area contributed by atoms with E-state index in [0.717, 1.165) is 18.8 Å². The summed E-state index contributed by atoms with van der Waals surface area (Å²) in [5.74, 6) is 0.0726. The molecule has 20 heavy (non-hydrogen) atoms. The Morgan fingerprint density at radius 3 is 2.70 bits per heavy atom. The molecule has 0 unspecified atom stereocenters. The van der Waals surface area contributed by atoms with E-state index in [1.807, 2.05) is 0 Å². The smallest absolute Gasteiger partial charge is 0.371 e. The van der Waals surface area contributed by atoms with E-state index in [-0.39, 0.29) is 18.2 Å². The Bertz CT molecular complexity index is 460. The second-order valence-electron chi connectivity index (χ2n) is 5.39. The average Bonchev–Trinajstić information content (AvgIpc) is 3.07. The van der Waals surface area contributed by atoms with Gasteiger partial charge in [0.1, 0.15) is 5.76 Å². The Kier molecular flexibility index (Phi) is 5.21. The summed E-state index contributed by atoms with van der Waals surface area (Å²) in [4.78, 5) is 22.3. The first-order chi connectivity index (χ1) is 9.65. The highest BCUT2D eigenvalue weighted by atomic mass is 16.4. The average molecular weight is 279 g/mol. The second kappa shape index (κ2) is 7.12.